The lowest BCUT2D eigenvalue weighted by atomic mass is 9.92. The Labute approximate surface area is 276 Å². The lowest BCUT2D eigenvalue weighted by Crippen LogP contribution is -2.00. The number of hydrogen-bond acceptors (Lipinski definition) is 3. The molecular formula is C45H27N3. The van der Waals surface area contributed by atoms with Crippen molar-refractivity contribution in [1.82, 2.24) is 15.0 Å². The molecule has 0 atom stereocenters. The van der Waals surface area contributed by atoms with Crippen molar-refractivity contribution in [3.8, 4) is 34.2 Å². The summed E-state index contributed by atoms with van der Waals surface area (Å²) in [4.78, 5) is 15.4. The van der Waals surface area contributed by atoms with E-state index in [0.717, 1.165) is 32.8 Å². The van der Waals surface area contributed by atoms with Gasteiger partial charge in [0.05, 0.1) is 0 Å². The fraction of sp³-hybridized carbons (Fsp3) is 0. The van der Waals surface area contributed by atoms with Gasteiger partial charge in [0.1, 0.15) is 0 Å². The normalized spacial score (nSPS) is 11.8. The number of hydrogen-bond donors (Lipinski definition) is 0. The maximum Gasteiger partial charge on any atom is 0.164 e. The van der Waals surface area contributed by atoms with Crippen LogP contribution >= 0.6 is 0 Å². The van der Waals surface area contributed by atoms with Gasteiger partial charge in [-0.25, -0.2) is 15.0 Å². The van der Waals surface area contributed by atoms with Crippen LogP contribution in [-0.4, -0.2) is 15.0 Å². The van der Waals surface area contributed by atoms with Crippen LogP contribution in [0.25, 0.3) is 98.8 Å². The van der Waals surface area contributed by atoms with Crippen LogP contribution in [0.15, 0.2) is 164 Å². The van der Waals surface area contributed by atoms with Gasteiger partial charge >= 0.3 is 0 Å². The predicted octanol–water partition coefficient (Wildman–Crippen LogP) is 11.8. The first-order valence-corrected chi connectivity index (χ1v) is 16.3. The maximum absolute atomic E-state index is 5.19. The highest BCUT2D eigenvalue weighted by molar-refractivity contribution is 6.27. The van der Waals surface area contributed by atoms with Crippen molar-refractivity contribution >= 4 is 64.6 Å². The summed E-state index contributed by atoms with van der Waals surface area (Å²) in [6.07, 6.45) is 0. The lowest BCUT2D eigenvalue weighted by Gasteiger charge is -2.13. The first-order chi connectivity index (χ1) is 23.8. The van der Waals surface area contributed by atoms with Crippen LogP contribution in [0.2, 0.25) is 0 Å². The molecule has 9 aromatic carbocycles. The van der Waals surface area contributed by atoms with Crippen molar-refractivity contribution < 1.29 is 0 Å². The molecule has 0 unspecified atom stereocenters. The molecule has 0 aliphatic heterocycles. The fourth-order valence-corrected chi connectivity index (χ4v) is 7.37. The summed E-state index contributed by atoms with van der Waals surface area (Å²) in [5.41, 5.74) is 2.91. The van der Waals surface area contributed by atoms with Crippen molar-refractivity contribution in [2.75, 3.05) is 0 Å². The number of rotatable bonds is 3. The molecule has 0 amide bonds. The smallest absolute Gasteiger partial charge is 0.164 e. The molecule has 0 saturated carbocycles. The molecule has 0 saturated heterocycles. The van der Waals surface area contributed by atoms with Crippen molar-refractivity contribution in [1.29, 1.82) is 0 Å². The summed E-state index contributed by atoms with van der Waals surface area (Å²) in [6, 6.07) is 58.1. The van der Waals surface area contributed by atoms with Crippen LogP contribution in [0, 0.1) is 0 Å². The summed E-state index contributed by atoms with van der Waals surface area (Å²) in [6.45, 7) is 0. The van der Waals surface area contributed by atoms with Gasteiger partial charge in [-0.2, -0.15) is 0 Å². The van der Waals surface area contributed by atoms with Gasteiger partial charge in [-0.05, 0) is 76.8 Å². The number of nitrogens with zero attached hydrogens (tertiary/aromatic N) is 3. The minimum Gasteiger partial charge on any atom is -0.208 e. The van der Waals surface area contributed by atoms with Crippen molar-refractivity contribution in [2.24, 2.45) is 0 Å². The van der Waals surface area contributed by atoms with E-state index in [-0.39, 0.29) is 0 Å². The Morgan fingerprint density at radius 2 is 0.771 bits per heavy atom. The van der Waals surface area contributed by atoms with Gasteiger partial charge in [-0.15, -0.1) is 0 Å². The van der Waals surface area contributed by atoms with Gasteiger partial charge < -0.3 is 0 Å². The van der Waals surface area contributed by atoms with Gasteiger partial charge in [0.2, 0.25) is 0 Å². The maximum atomic E-state index is 5.19. The molecule has 0 fully saturated rings. The highest BCUT2D eigenvalue weighted by Gasteiger charge is 2.17. The highest BCUT2D eigenvalue weighted by atomic mass is 15.0. The van der Waals surface area contributed by atoms with E-state index in [1.54, 1.807) is 0 Å². The molecular weight excluding hydrogens is 583 g/mol. The summed E-state index contributed by atoms with van der Waals surface area (Å²) >= 11 is 0. The Hall–Kier alpha value is -6.45. The topological polar surface area (TPSA) is 38.7 Å². The summed E-state index contributed by atoms with van der Waals surface area (Å²) < 4.78 is 0. The zero-order valence-electron chi connectivity index (χ0n) is 25.9. The summed E-state index contributed by atoms with van der Waals surface area (Å²) in [5, 5.41) is 14.6. The van der Waals surface area contributed by atoms with Crippen LogP contribution in [0.3, 0.4) is 0 Å². The van der Waals surface area contributed by atoms with E-state index in [2.05, 4.69) is 146 Å². The quantitative estimate of drug-likeness (QED) is 0.187. The van der Waals surface area contributed by atoms with E-state index in [4.69, 9.17) is 15.0 Å². The van der Waals surface area contributed by atoms with E-state index in [9.17, 15) is 0 Å². The minimum absolute atomic E-state index is 0.654. The average Bonchev–Trinajstić information content (AvgIpc) is 3.17. The Bertz CT molecular complexity index is 2890. The van der Waals surface area contributed by atoms with Gasteiger partial charge in [0, 0.05) is 16.7 Å². The summed E-state index contributed by atoms with van der Waals surface area (Å²) in [5.74, 6) is 1.97. The number of aromatic nitrogens is 3. The molecule has 1 heterocycles. The number of benzene rings is 9. The molecule has 0 spiro atoms. The Morgan fingerprint density at radius 3 is 1.52 bits per heavy atom. The van der Waals surface area contributed by atoms with Crippen LogP contribution in [0.5, 0.6) is 0 Å². The third-order valence-electron chi connectivity index (χ3n) is 9.64. The molecule has 0 aliphatic rings. The molecule has 0 N–H and O–H groups in total. The molecule has 0 radical (unpaired) electrons. The molecule has 0 aliphatic carbocycles. The third kappa shape index (κ3) is 4.18. The Morgan fingerprint density at radius 1 is 0.271 bits per heavy atom. The molecule has 10 aromatic rings. The van der Waals surface area contributed by atoms with Crippen molar-refractivity contribution in [3.05, 3.63) is 164 Å². The fourth-order valence-electron chi connectivity index (χ4n) is 7.37. The van der Waals surface area contributed by atoms with Gasteiger partial charge in [-0.1, -0.05) is 152 Å². The molecule has 1 aromatic heterocycles. The van der Waals surface area contributed by atoms with E-state index in [1.807, 2.05) is 18.2 Å². The van der Waals surface area contributed by atoms with E-state index < -0.39 is 0 Å². The standard InChI is InChI=1S/C45H27N3/c1-2-11-31(12-3-1)43-46-44(48-45(47-43)40-27-32-13-5-6-14-35(32)38-16-8-9-17-39(38)40)34-24-25-37-33(26-34)23-22-30-21-20-29-19-18-28-10-4-7-15-36(28)41(29)42(30)37/h1-27H. The van der Waals surface area contributed by atoms with Crippen LogP contribution in [0.4, 0.5) is 0 Å². The average molecular weight is 610 g/mol. The molecule has 222 valence electrons. The second-order valence-electron chi connectivity index (χ2n) is 12.4. The lowest BCUT2D eigenvalue weighted by molar-refractivity contribution is 1.08. The van der Waals surface area contributed by atoms with E-state index in [1.165, 1.54) is 48.5 Å². The minimum atomic E-state index is 0.654. The second-order valence-corrected chi connectivity index (χ2v) is 12.4. The first kappa shape index (κ1) is 26.7. The highest BCUT2D eigenvalue weighted by Crippen LogP contribution is 2.39. The van der Waals surface area contributed by atoms with Crippen molar-refractivity contribution in [2.45, 2.75) is 0 Å². The van der Waals surface area contributed by atoms with Gasteiger partial charge in [-0.3, -0.25) is 0 Å². The zero-order chi connectivity index (χ0) is 31.6. The monoisotopic (exact) mass is 609 g/mol. The summed E-state index contributed by atoms with van der Waals surface area (Å²) in [7, 11) is 0. The molecule has 48 heavy (non-hydrogen) atoms. The SMILES string of the molecule is c1ccc(-c2nc(-c3ccc4c(ccc5ccc6ccc7ccccc7c6c54)c3)nc(-c3cc4ccccc4c4ccccc34)n2)cc1. The van der Waals surface area contributed by atoms with Crippen LogP contribution < -0.4 is 0 Å². The first-order valence-electron chi connectivity index (χ1n) is 16.3. The molecule has 3 nitrogen and oxygen atoms in total. The van der Waals surface area contributed by atoms with E-state index >= 15 is 0 Å². The molecule has 0 bridgehead atoms. The Kier molecular flexibility index (Phi) is 5.87. The van der Waals surface area contributed by atoms with Crippen LogP contribution in [-0.2, 0) is 0 Å². The van der Waals surface area contributed by atoms with Crippen molar-refractivity contribution in [3.63, 3.8) is 0 Å². The molecule has 10 rings (SSSR count). The van der Waals surface area contributed by atoms with Gasteiger partial charge in [0.25, 0.3) is 0 Å². The largest absolute Gasteiger partial charge is 0.208 e. The van der Waals surface area contributed by atoms with Crippen LogP contribution in [0.1, 0.15) is 0 Å². The third-order valence-corrected chi connectivity index (χ3v) is 9.64. The second kappa shape index (κ2) is 10.5. The zero-order valence-corrected chi connectivity index (χ0v) is 25.9. The Balaban J connectivity index is 1.23. The van der Waals surface area contributed by atoms with E-state index in [0.29, 0.717) is 17.5 Å². The molecule has 3 heteroatoms. The van der Waals surface area contributed by atoms with Gasteiger partial charge in [0.15, 0.2) is 17.5 Å². The number of fused-ring (bicyclic) bond motifs is 10. The predicted molar refractivity (Wildman–Crippen MR) is 201 cm³/mol.